The summed E-state index contributed by atoms with van der Waals surface area (Å²) in [4.78, 5) is 10.5. The molecule has 2 aromatic carbocycles. The van der Waals surface area contributed by atoms with Crippen molar-refractivity contribution in [3.8, 4) is 11.5 Å². The Morgan fingerprint density at radius 2 is 1.90 bits per heavy atom. The quantitative estimate of drug-likeness (QED) is 0.834. The summed E-state index contributed by atoms with van der Waals surface area (Å²) in [6.07, 6.45) is 2.57. The number of rotatable bonds is 4. The van der Waals surface area contributed by atoms with Crippen LogP contribution in [0.2, 0.25) is 5.02 Å². The second-order valence-electron chi connectivity index (χ2n) is 4.37. The lowest BCUT2D eigenvalue weighted by Crippen LogP contribution is -1.90. The minimum atomic E-state index is -1.01. The fourth-order valence-corrected chi connectivity index (χ4v) is 1.85. The van der Waals surface area contributed by atoms with Crippen molar-refractivity contribution in [2.75, 3.05) is 0 Å². The van der Waals surface area contributed by atoms with E-state index in [1.54, 1.807) is 24.3 Å². The molecule has 0 amide bonds. The van der Waals surface area contributed by atoms with Crippen LogP contribution in [0.1, 0.15) is 11.1 Å². The highest BCUT2D eigenvalue weighted by Gasteiger charge is 2.04. The number of carboxylic acid groups (broad SMARTS) is 1. The lowest BCUT2D eigenvalue weighted by Gasteiger charge is -2.08. The number of carboxylic acids is 1. The molecular weight excluding hydrogens is 295 g/mol. The third kappa shape index (κ3) is 4.07. The predicted octanol–water partition coefficient (Wildman–Crippen LogP) is 4.68. The maximum absolute atomic E-state index is 13.3. The van der Waals surface area contributed by atoms with Crippen molar-refractivity contribution in [3.63, 3.8) is 0 Å². The minimum absolute atomic E-state index is 0.0349. The van der Waals surface area contributed by atoms with Gasteiger partial charge in [-0.05, 0) is 48.4 Å². The molecule has 5 heteroatoms. The van der Waals surface area contributed by atoms with Crippen LogP contribution in [0.15, 0.2) is 42.5 Å². The van der Waals surface area contributed by atoms with Crippen molar-refractivity contribution < 1.29 is 19.0 Å². The SMILES string of the molecule is Cc1cc(Oc2ccc(Cl)c(F)c2)ccc1/C=C/C(=O)O. The van der Waals surface area contributed by atoms with Crippen LogP contribution < -0.4 is 4.74 Å². The Labute approximate surface area is 126 Å². The summed E-state index contributed by atoms with van der Waals surface area (Å²) in [5.41, 5.74) is 1.62. The molecule has 2 rings (SSSR count). The summed E-state index contributed by atoms with van der Waals surface area (Å²) in [7, 11) is 0. The smallest absolute Gasteiger partial charge is 0.328 e. The largest absolute Gasteiger partial charge is 0.478 e. The summed E-state index contributed by atoms with van der Waals surface area (Å²) in [5, 5.41) is 8.64. The zero-order chi connectivity index (χ0) is 15.4. The molecule has 0 saturated heterocycles. The Hall–Kier alpha value is -2.33. The number of ether oxygens (including phenoxy) is 1. The van der Waals surface area contributed by atoms with E-state index in [4.69, 9.17) is 21.4 Å². The first-order valence-electron chi connectivity index (χ1n) is 6.10. The molecule has 0 heterocycles. The van der Waals surface area contributed by atoms with Crippen LogP contribution in [0.4, 0.5) is 4.39 Å². The molecule has 0 unspecified atom stereocenters. The number of carbonyl (C=O) groups is 1. The number of aryl methyl sites for hydroxylation is 1. The molecular formula is C16H12ClFO3. The Morgan fingerprint density at radius 3 is 2.52 bits per heavy atom. The molecule has 0 aliphatic rings. The predicted molar refractivity (Wildman–Crippen MR) is 79.3 cm³/mol. The van der Waals surface area contributed by atoms with Crippen molar-refractivity contribution >= 4 is 23.6 Å². The molecule has 0 fully saturated rings. The Balaban J connectivity index is 2.20. The van der Waals surface area contributed by atoms with Crippen LogP contribution in [0, 0.1) is 12.7 Å². The molecule has 0 aliphatic carbocycles. The summed E-state index contributed by atoms with van der Waals surface area (Å²) < 4.78 is 18.9. The zero-order valence-electron chi connectivity index (χ0n) is 11.1. The van der Waals surface area contributed by atoms with Gasteiger partial charge in [-0.25, -0.2) is 9.18 Å². The normalized spacial score (nSPS) is 10.8. The van der Waals surface area contributed by atoms with Crippen LogP contribution in [0.3, 0.4) is 0 Å². The van der Waals surface area contributed by atoms with Crippen molar-refractivity contribution in [3.05, 3.63) is 64.4 Å². The van der Waals surface area contributed by atoms with Crippen LogP contribution in [0.5, 0.6) is 11.5 Å². The first-order valence-corrected chi connectivity index (χ1v) is 6.48. The molecule has 1 N–H and O–H groups in total. The zero-order valence-corrected chi connectivity index (χ0v) is 11.9. The van der Waals surface area contributed by atoms with E-state index in [1.165, 1.54) is 18.2 Å². The van der Waals surface area contributed by atoms with E-state index in [1.807, 2.05) is 6.92 Å². The van der Waals surface area contributed by atoms with Gasteiger partial charge in [0.05, 0.1) is 5.02 Å². The lowest BCUT2D eigenvalue weighted by molar-refractivity contribution is -0.131. The van der Waals surface area contributed by atoms with E-state index >= 15 is 0 Å². The second-order valence-corrected chi connectivity index (χ2v) is 4.78. The van der Waals surface area contributed by atoms with Gasteiger partial charge in [-0.2, -0.15) is 0 Å². The lowest BCUT2D eigenvalue weighted by atomic mass is 10.1. The summed E-state index contributed by atoms with van der Waals surface area (Å²) in [6.45, 7) is 1.83. The van der Waals surface area contributed by atoms with E-state index in [9.17, 15) is 9.18 Å². The highest BCUT2D eigenvalue weighted by atomic mass is 35.5. The molecule has 0 saturated carbocycles. The van der Waals surface area contributed by atoms with Crippen LogP contribution >= 0.6 is 11.6 Å². The van der Waals surface area contributed by atoms with E-state index < -0.39 is 11.8 Å². The number of benzene rings is 2. The average Bonchev–Trinajstić information content (AvgIpc) is 2.42. The maximum atomic E-state index is 13.3. The summed E-state index contributed by atoms with van der Waals surface area (Å²) in [6, 6.07) is 9.35. The fraction of sp³-hybridized carbons (Fsp3) is 0.0625. The van der Waals surface area contributed by atoms with Gasteiger partial charge in [-0.1, -0.05) is 17.7 Å². The van der Waals surface area contributed by atoms with Crippen molar-refractivity contribution in [1.29, 1.82) is 0 Å². The first kappa shape index (κ1) is 15.1. The molecule has 21 heavy (non-hydrogen) atoms. The Kier molecular flexibility index (Phi) is 4.60. The minimum Gasteiger partial charge on any atom is -0.478 e. The van der Waals surface area contributed by atoms with E-state index in [-0.39, 0.29) is 5.02 Å². The maximum Gasteiger partial charge on any atom is 0.328 e. The Bertz CT molecular complexity index is 711. The third-order valence-corrected chi connectivity index (χ3v) is 3.08. The van der Waals surface area contributed by atoms with Crippen molar-refractivity contribution in [1.82, 2.24) is 0 Å². The fourth-order valence-electron chi connectivity index (χ4n) is 1.74. The molecule has 0 atom stereocenters. The molecule has 0 bridgehead atoms. The molecule has 2 aromatic rings. The molecule has 0 aromatic heterocycles. The first-order chi connectivity index (χ1) is 9.95. The van der Waals surface area contributed by atoms with Gasteiger partial charge in [0.15, 0.2) is 0 Å². The van der Waals surface area contributed by atoms with Crippen molar-refractivity contribution in [2.24, 2.45) is 0 Å². The number of hydrogen-bond acceptors (Lipinski definition) is 2. The van der Waals surface area contributed by atoms with Crippen LogP contribution in [-0.4, -0.2) is 11.1 Å². The standard InChI is InChI=1S/C16H12ClFO3/c1-10-8-12(4-2-11(10)3-7-16(19)20)21-13-5-6-14(17)15(18)9-13/h2-9H,1H3,(H,19,20)/b7-3+. The molecule has 0 radical (unpaired) electrons. The van der Waals surface area contributed by atoms with Gasteiger partial charge in [0, 0.05) is 12.1 Å². The molecule has 108 valence electrons. The summed E-state index contributed by atoms with van der Waals surface area (Å²) >= 11 is 5.60. The van der Waals surface area contributed by atoms with Crippen molar-refractivity contribution in [2.45, 2.75) is 6.92 Å². The second kappa shape index (κ2) is 6.41. The van der Waals surface area contributed by atoms with Gasteiger partial charge in [-0.15, -0.1) is 0 Å². The van der Waals surface area contributed by atoms with Gasteiger partial charge in [0.2, 0.25) is 0 Å². The van der Waals surface area contributed by atoms with Gasteiger partial charge >= 0.3 is 5.97 Å². The summed E-state index contributed by atoms with van der Waals surface area (Å²) in [5.74, 6) is -0.690. The Morgan fingerprint density at radius 1 is 1.24 bits per heavy atom. The van der Waals surface area contributed by atoms with Gasteiger partial charge in [-0.3, -0.25) is 0 Å². The monoisotopic (exact) mass is 306 g/mol. The molecule has 0 aliphatic heterocycles. The van der Waals surface area contributed by atoms with Gasteiger partial charge in [0.25, 0.3) is 0 Å². The number of halogens is 2. The number of aliphatic carboxylic acids is 1. The number of hydrogen-bond donors (Lipinski definition) is 1. The topological polar surface area (TPSA) is 46.5 Å². The van der Waals surface area contributed by atoms with E-state index in [0.29, 0.717) is 11.5 Å². The van der Waals surface area contributed by atoms with Gasteiger partial charge < -0.3 is 9.84 Å². The molecule has 3 nitrogen and oxygen atoms in total. The average molecular weight is 307 g/mol. The van der Waals surface area contributed by atoms with E-state index in [0.717, 1.165) is 17.2 Å². The van der Waals surface area contributed by atoms with Gasteiger partial charge in [0.1, 0.15) is 17.3 Å². The van der Waals surface area contributed by atoms with E-state index in [2.05, 4.69) is 0 Å². The highest BCUT2D eigenvalue weighted by Crippen LogP contribution is 2.27. The van der Waals surface area contributed by atoms with Crippen LogP contribution in [-0.2, 0) is 4.79 Å². The van der Waals surface area contributed by atoms with Crippen LogP contribution in [0.25, 0.3) is 6.08 Å². The highest BCUT2D eigenvalue weighted by molar-refractivity contribution is 6.30. The third-order valence-electron chi connectivity index (χ3n) is 2.77. The molecule has 0 spiro atoms.